The zero-order valence-electron chi connectivity index (χ0n) is 9.42. The van der Waals surface area contributed by atoms with Gasteiger partial charge in [0, 0.05) is 5.69 Å². The van der Waals surface area contributed by atoms with E-state index in [1.165, 1.54) is 25.1 Å². The van der Waals surface area contributed by atoms with Gasteiger partial charge in [0.25, 0.3) is 0 Å². The van der Waals surface area contributed by atoms with Crippen LogP contribution in [0.25, 0.3) is 0 Å². The van der Waals surface area contributed by atoms with E-state index < -0.39 is 17.8 Å². The Kier molecular flexibility index (Phi) is 5.74. The van der Waals surface area contributed by atoms with Crippen LogP contribution < -0.4 is 24.2 Å². The number of hydrogen-bond donors (Lipinski definition) is 2. The molecule has 6 heteroatoms. The van der Waals surface area contributed by atoms with Gasteiger partial charge in [0.15, 0.2) is 0 Å². The van der Waals surface area contributed by atoms with Gasteiger partial charge in [-0.1, -0.05) is 11.6 Å². The van der Waals surface area contributed by atoms with Gasteiger partial charge in [0.2, 0.25) is 0 Å². The van der Waals surface area contributed by atoms with Gasteiger partial charge in [-0.25, -0.2) is 4.39 Å². The van der Waals surface area contributed by atoms with E-state index in [4.69, 9.17) is 16.7 Å². The van der Waals surface area contributed by atoms with Crippen molar-refractivity contribution < 1.29 is 34.6 Å². The van der Waals surface area contributed by atoms with Crippen LogP contribution in [0.3, 0.4) is 0 Å². The molecule has 0 aliphatic heterocycles. The summed E-state index contributed by atoms with van der Waals surface area (Å²) in [6.45, 7) is 1.49. The summed E-state index contributed by atoms with van der Waals surface area (Å²) in [5.74, 6) is -1.51. The number of rotatable bonds is 3. The molecule has 78 valence electrons. The van der Waals surface area contributed by atoms with Crippen molar-refractivity contribution in [3.05, 3.63) is 29.0 Å². The smallest absolute Gasteiger partial charge is 1.00 e. The van der Waals surface area contributed by atoms with E-state index in [-0.39, 0.29) is 25.3 Å². The van der Waals surface area contributed by atoms with E-state index in [1.807, 2.05) is 0 Å². The summed E-state index contributed by atoms with van der Waals surface area (Å²) in [6, 6.07) is 3.22. The number of aliphatic carboxylic acids is 1. The molecule has 0 aromatic heterocycles. The number of carbonyl (C=O) groups is 1. The largest absolute Gasteiger partial charge is 1.00 e. The minimum absolute atomic E-state index is 0. The Balaban J connectivity index is 0. The van der Waals surface area contributed by atoms with Crippen molar-refractivity contribution in [3.8, 4) is 0 Å². The molecule has 0 bridgehead atoms. The Bertz CT molecular complexity index is 367. The summed E-state index contributed by atoms with van der Waals surface area (Å²) >= 11 is 5.51. The summed E-state index contributed by atoms with van der Waals surface area (Å²) in [7, 11) is 0. The fourth-order valence-corrected chi connectivity index (χ4v) is 1.08. The zero-order chi connectivity index (χ0) is 10.7. The maximum atomic E-state index is 12.7. The number of carboxylic acids is 1. The number of carboxylic acid groups (broad SMARTS) is 1. The molecule has 0 amide bonds. The van der Waals surface area contributed by atoms with Crippen LogP contribution in [-0.2, 0) is 4.79 Å². The SMILES string of the molecule is C[C@H](Nc1ccc(F)c(Cl)c1)C(=O)O.[H-].[Li+]. The second kappa shape index (κ2) is 6.01. The fourth-order valence-electron chi connectivity index (χ4n) is 0.898. The topological polar surface area (TPSA) is 49.3 Å². The molecular weight excluding hydrogens is 215 g/mol. The minimum Gasteiger partial charge on any atom is -1.00 e. The molecule has 3 nitrogen and oxygen atoms in total. The third kappa shape index (κ3) is 4.13. The number of halogens is 2. The molecule has 0 unspecified atom stereocenters. The van der Waals surface area contributed by atoms with E-state index in [0.717, 1.165) is 0 Å². The summed E-state index contributed by atoms with van der Waals surface area (Å²) in [6.07, 6.45) is 0. The van der Waals surface area contributed by atoms with Gasteiger partial charge >= 0.3 is 24.8 Å². The van der Waals surface area contributed by atoms with E-state index in [1.54, 1.807) is 0 Å². The third-order valence-electron chi connectivity index (χ3n) is 1.67. The van der Waals surface area contributed by atoms with Crippen molar-refractivity contribution in [1.29, 1.82) is 0 Å². The first kappa shape index (κ1) is 14.3. The maximum absolute atomic E-state index is 12.7. The van der Waals surface area contributed by atoms with Crippen molar-refractivity contribution in [3.63, 3.8) is 0 Å². The molecule has 0 heterocycles. The van der Waals surface area contributed by atoms with Gasteiger partial charge in [0.05, 0.1) is 5.02 Å². The minimum atomic E-state index is -0.981. The monoisotopic (exact) mass is 225 g/mol. The van der Waals surface area contributed by atoms with Crippen LogP contribution in [0.2, 0.25) is 5.02 Å². The Morgan fingerprint density at radius 1 is 1.67 bits per heavy atom. The standard InChI is InChI=1S/C9H9ClFNO2.Li.H/c1-5(9(13)14)12-6-2-3-8(11)7(10)4-6;;/h2-5,12H,1H3,(H,13,14);;/q;+1;-1/t5-;;/m0../s1. The average molecular weight is 226 g/mol. The van der Waals surface area contributed by atoms with Crippen molar-refractivity contribution in [1.82, 2.24) is 0 Å². The summed E-state index contributed by atoms with van der Waals surface area (Å²) in [5.41, 5.74) is 0.478. The number of benzene rings is 1. The molecule has 0 fully saturated rings. The Morgan fingerprint density at radius 2 is 2.27 bits per heavy atom. The molecule has 2 N–H and O–H groups in total. The van der Waals surface area contributed by atoms with Crippen molar-refractivity contribution in [2.24, 2.45) is 0 Å². The second-order valence-electron chi connectivity index (χ2n) is 2.83. The van der Waals surface area contributed by atoms with Crippen LogP contribution in [-0.4, -0.2) is 17.1 Å². The van der Waals surface area contributed by atoms with E-state index in [9.17, 15) is 9.18 Å². The van der Waals surface area contributed by atoms with Gasteiger partial charge in [-0.2, -0.15) is 0 Å². The normalized spacial score (nSPS) is 11.4. The van der Waals surface area contributed by atoms with Gasteiger partial charge in [-0.05, 0) is 25.1 Å². The summed E-state index contributed by atoms with van der Waals surface area (Å²) in [4.78, 5) is 10.5. The maximum Gasteiger partial charge on any atom is 1.00 e. The van der Waals surface area contributed by atoms with Crippen molar-refractivity contribution >= 4 is 23.3 Å². The van der Waals surface area contributed by atoms with Gasteiger partial charge in [-0.15, -0.1) is 0 Å². The van der Waals surface area contributed by atoms with Crippen LogP contribution in [0, 0.1) is 5.82 Å². The fraction of sp³-hybridized carbons (Fsp3) is 0.222. The quantitative estimate of drug-likeness (QED) is 0.681. The molecule has 1 atom stereocenters. The molecule has 0 saturated heterocycles. The number of anilines is 1. The van der Waals surface area contributed by atoms with Crippen molar-refractivity contribution in [2.75, 3.05) is 5.32 Å². The van der Waals surface area contributed by atoms with Crippen LogP contribution in [0.15, 0.2) is 18.2 Å². The second-order valence-corrected chi connectivity index (χ2v) is 3.24. The molecule has 0 aliphatic rings. The van der Waals surface area contributed by atoms with E-state index in [0.29, 0.717) is 5.69 Å². The third-order valence-corrected chi connectivity index (χ3v) is 1.96. The van der Waals surface area contributed by atoms with Gasteiger partial charge < -0.3 is 11.8 Å². The average Bonchev–Trinajstić information content (AvgIpc) is 2.11. The molecule has 0 saturated carbocycles. The Labute approximate surface area is 105 Å². The molecular formula is C9H10ClFLiNO2. The molecule has 1 rings (SSSR count). The first-order chi connectivity index (χ1) is 6.50. The van der Waals surface area contributed by atoms with Crippen LogP contribution >= 0.6 is 11.6 Å². The number of nitrogens with one attached hydrogen (secondary N) is 1. The Morgan fingerprint density at radius 3 is 2.73 bits per heavy atom. The molecule has 0 radical (unpaired) electrons. The van der Waals surface area contributed by atoms with Crippen LogP contribution in [0.1, 0.15) is 8.35 Å². The molecule has 1 aromatic rings. The summed E-state index contributed by atoms with van der Waals surface area (Å²) < 4.78 is 12.7. The predicted octanol–water partition coefficient (Wildman–Crippen LogP) is -0.519. The first-order valence-electron chi connectivity index (χ1n) is 3.95. The Hall–Kier alpha value is -0.693. The molecule has 0 spiro atoms. The van der Waals surface area contributed by atoms with Crippen LogP contribution in [0.4, 0.5) is 10.1 Å². The molecule has 1 aromatic carbocycles. The van der Waals surface area contributed by atoms with Gasteiger partial charge in [0.1, 0.15) is 11.9 Å². The van der Waals surface area contributed by atoms with Crippen molar-refractivity contribution in [2.45, 2.75) is 13.0 Å². The van der Waals surface area contributed by atoms with Gasteiger partial charge in [-0.3, -0.25) is 4.79 Å². The number of hydrogen-bond acceptors (Lipinski definition) is 2. The van der Waals surface area contributed by atoms with E-state index in [2.05, 4.69) is 5.32 Å². The first-order valence-corrected chi connectivity index (χ1v) is 4.33. The zero-order valence-corrected chi connectivity index (χ0v) is 9.18. The van der Waals surface area contributed by atoms with E-state index >= 15 is 0 Å². The molecule has 0 aliphatic carbocycles. The summed E-state index contributed by atoms with van der Waals surface area (Å²) in [5, 5.41) is 11.2. The van der Waals surface area contributed by atoms with Crippen LogP contribution in [0.5, 0.6) is 0 Å². The molecule has 15 heavy (non-hydrogen) atoms. The predicted molar refractivity (Wildman–Crippen MR) is 53.2 cm³/mol.